The van der Waals surface area contributed by atoms with Gasteiger partial charge in [-0.3, -0.25) is 0 Å². The molecule has 0 heterocycles. The first-order chi connectivity index (χ1) is 5.77. The van der Waals surface area contributed by atoms with Gasteiger partial charge in [-0.15, -0.1) is 0 Å². The summed E-state index contributed by atoms with van der Waals surface area (Å²) in [6.07, 6.45) is 0.726. The lowest BCUT2D eigenvalue weighted by atomic mass is 10.1. The van der Waals surface area contributed by atoms with Gasteiger partial charge in [-0.2, -0.15) is 12.6 Å². The van der Waals surface area contributed by atoms with Crippen molar-refractivity contribution in [3.05, 3.63) is 29.6 Å². The lowest BCUT2D eigenvalue weighted by molar-refractivity contribution is 0.409. The molecule has 0 aliphatic heterocycles. The number of halogens is 1. The Hall–Kier alpha value is -0.700. The molecule has 0 N–H and O–H groups in total. The van der Waals surface area contributed by atoms with Crippen LogP contribution in [0.25, 0.3) is 0 Å². The van der Waals surface area contributed by atoms with E-state index in [1.54, 1.807) is 13.2 Å². The lowest BCUT2D eigenvalue weighted by Crippen LogP contribution is -1.93. The zero-order chi connectivity index (χ0) is 8.97. The van der Waals surface area contributed by atoms with Crippen LogP contribution in [0.5, 0.6) is 5.75 Å². The summed E-state index contributed by atoms with van der Waals surface area (Å²) in [6, 6.07) is 4.50. The fourth-order valence-electron chi connectivity index (χ4n) is 1.06. The van der Waals surface area contributed by atoms with Gasteiger partial charge in [0.05, 0.1) is 7.11 Å². The fourth-order valence-corrected chi connectivity index (χ4v) is 1.30. The highest BCUT2D eigenvalue weighted by Crippen LogP contribution is 2.19. The van der Waals surface area contributed by atoms with E-state index in [2.05, 4.69) is 12.6 Å². The molecule has 0 atom stereocenters. The first-order valence-electron chi connectivity index (χ1n) is 3.71. The largest absolute Gasteiger partial charge is 0.496 e. The number of methoxy groups -OCH3 is 1. The minimum Gasteiger partial charge on any atom is -0.496 e. The summed E-state index contributed by atoms with van der Waals surface area (Å²) in [5.41, 5.74) is 0.868. The molecule has 0 amide bonds. The Balaban J connectivity index is 2.95. The Morgan fingerprint density at radius 3 is 2.83 bits per heavy atom. The van der Waals surface area contributed by atoms with Gasteiger partial charge in [-0.05, 0) is 35.9 Å². The number of aryl methyl sites for hydroxylation is 1. The molecule has 0 radical (unpaired) electrons. The summed E-state index contributed by atoms with van der Waals surface area (Å²) < 4.78 is 17.8. The smallest absolute Gasteiger partial charge is 0.123 e. The number of thiol groups is 1. The van der Waals surface area contributed by atoms with E-state index in [1.165, 1.54) is 12.1 Å². The second kappa shape index (κ2) is 4.36. The van der Waals surface area contributed by atoms with Crippen molar-refractivity contribution in [2.24, 2.45) is 0 Å². The van der Waals surface area contributed by atoms with E-state index in [0.717, 1.165) is 17.7 Å². The Labute approximate surface area is 77.0 Å². The van der Waals surface area contributed by atoms with Crippen molar-refractivity contribution in [2.75, 3.05) is 12.9 Å². The lowest BCUT2D eigenvalue weighted by Gasteiger charge is -2.06. The van der Waals surface area contributed by atoms with Gasteiger partial charge in [0, 0.05) is 0 Å². The number of hydrogen-bond acceptors (Lipinski definition) is 2. The first-order valence-corrected chi connectivity index (χ1v) is 4.34. The molecule has 1 aromatic rings. The molecule has 66 valence electrons. The van der Waals surface area contributed by atoms with Crippen LogP contribution in [0.15, 0.2) is 18.2 Å². The SMILES string of the molecule is COc1ccc(F)cc1CCS. The second-order valence-electron chi connectivity index (χ2n) is 2.43. The molecule has 0 unspecified atom stereocenters. The van der Waals surface area contributed by atoms with Crippen LogP contribution in [-0.4, -0.2) is 12.9 Å². The van der Waals surface area contributed by atoms with Crippen molar-refractivity contribution in [1.29, 1.82) is 0 Å². The monoisotopic (exact) mass is 186 g/mol. The highest BCUT2D eigenvalue weighted by Gasteiger charge is 2.02. The zero-order valence-corrected chi connectivity index (χ0v) is 7.77. The van der Waals surface area contributed by atoms with Gasteiger partial charge in [0.15, 0.2) is 0 Å². The van der Waals surface area contributed by atoms with Crippen molar-refractivity contribution >= 4 is 12.6 Å². The molecular weight excluding hydrogens is 175 g/mol. The van der Waals surface area contributed by atoms with Crippen molar-refractivity contribution in [3.8, 4) is 5.75 Å². The Morgan fingerprint density at radius 2 is 2.25 bits per heavy atom. The van der Waals surface area contributed by atoms with Crippen LogP contribution in [0.4, 0.5) is 4.39 Å². The van der Waals surface area contributed by atoms with Gasteiger partial charge in [-0.1, -0.05) is 0 Å². The molecule has 0 aliphatic rings. The topological polar surface area (TPSA) is 9.23 Å². The van der Waals surface area contributed by atoms with Gasteiger partial charge in [-0.25, -0.2) is 4.39 Å². The number of rotatable bonds is 3. The summed E-state index contributed by atoms with van der Waals surface area (Å²) in [4.78, 5) is 0. The van der Waals surface area contributed by atoms with Crippen molar-refractivity contribution in [3.63, 3.8) is 0 Å². The molecule has 0 saturated carbocycles. The Morgan fingerprint density at radius 1 is 1.50 bits per heavy atom. The van der Waals surface area contributed by atoms with Crippen molar-refractivity contribution in [1.82, 2.24) is 0 Å². The Bertz CT molecular complexity index is 263. The molecule has 0 spiro atoms. The quantitative estimate of drug-likeness (QED) is 0.713. The zero-order valence-electron chi connectivity index (χ0n) is 6.88. The molecule has 1 rings (SSSR count). The summed E-state index contributed by atoms with van der Waals surface area (Å²) in [6.45, 7) is 0. The van der Waals surface area contributed by atoms with E-state index in [-0.39, 0.29) is 5.82 Å². The standard InChI is InChI=1S/C9H11FOS/c1-11-9-3-2-8(10)6-7(9)4-5-12/h2-3,6,12H,4-5H2,1H3. The van der Waals surface area contributed by atoms with Gasteiger partial charge in [0.1, 0.15) is 11.6 Å². The van der Waals surface area contributed by atoms with Crippen LogP contribution in [0.2, 0.25) is 0 Å². The maximum absolute atomic E-state index is 12.7. The van der Waals surface area contributed by atoms with Crippen LogP contribution >= 0.6 is 12.6 Å². The van der Waals surface area contributed by atoms with Gasteiger partial charge in [0.2, 0.25) is 0 Å². The minimum absolute atomic E-state index is 0.229. The summed E-state index contributed by atoms with van der Waals surface area (Å²) in [5, 5.41) is 0. The van der Waals surface area contributed by atoms with Gasteiger partial charge < -0.3 is 4.74 Å². The van der Waals surface area contributed by atoms with Crippen LogP contribution in [0.1, 0.15) is 5.56 Å². The maximum Gasteiger partial charge on any atom is 0.123 e. The van der Waals surface area contributed by atoms with Crippen molar-refractivity contribution < 1.29 is 9.13 Å². The molecule has 1 nitrogen and oxygen atoms in total. The third-order valence-electron chi connectivity index (χ3n) is 1.62. The highest BCUT2D eigenvalue weighted by atomic mass is 32.1. The van der Waals surface area contributed by atoms with E-state index in [4.69, 9.17) is 4.74 Å². The molecule has 0 aromatic heterocycles. The molecule has 12 heavy (non-hydrogen) atoms. The Kier molecular flexibility index (Phi) is 3.41. The third-order valence-corrected chi connectivity index (χ3v) is 1.85. The predicted octanol–water partition coefficient (Wildman–Crippen LogP) is 2.31. The van der Waals surface area contributed by atoms with E-state index in [9.17, 15) is 4.39 Å². The third kappa shape index (κ3) is 2.14. The predicted molar refractivity (Wildman–Crippen MR) is 50.5 cm³/mol. The average Bonchev–Trinajstić information content (AvgIpc) is 2.05. The van der Waals surface area contributed by atoms with E-state index in [1.807, 2.05) is 0 Å². The van der Waals surface area contributed by atoms with Crippen LogP contribution < -0.4 is 4.74 Å². The maximum atomic E-state index is 12.7. The first kappa shape index (κ1) is 9.39. The van der Waals surface area contributed by atoms with Gasteiger partial charge >= 0.3 is 0 Å². The number of benzene rings is 1. The van der Waals surface area contributed by atoms with Crippen LogP contribution in [0, 0.1) is 5.82 Å². The fraction of sp³-hybridized carbons (Fsp3) is 0.333. The molecule has 3 heteroatoms. The van der Waals surface area contributed by atoms with E-state index in [0.29, 0.717) is 5.75 Å². The highest BCUT2D eigenvalue weighted by molar-refractivity contribution is 7.80. The summed E-state index contributed by atoms with van der Waals surface area (Å²) in [7, 11) is 1.58. The molecule has 0 bridgehead atoms. The van der Waals surface area contributed by atoms with Crippen LogP contribution in [0.3, 0.4) is 0 Å². The van der Waals surface area contributed by atoms with Gasteiger partial charge in [0.25, 0.3) is 0 Å². The number of hydrogen-bond donors (Lipinski definition) is 1. The molecule has 0 fully saturated rings. The van der Waals surface area contributed by atoms with E-state index < -0.39 is 0 Å². The number of ether oxygens (including phenoxy) is 1. The second-order valence-corrected chi connectivity index (χ2v) is 2.88. The summed E-state index contributed by atoms with van der Waals surface area (Å²) >= 11 is 4.07. The molecule has 1 aromatic carbocycles. The average molecular weight is 186 g/mol. The van der Waals surface area contributed by atoms with Crippen molar-refractivity contribution in [2.45, 2.75) is 6.42 Å². The minimum atomic E-state index is -0.229. The summed E-state index contributed by atoms with van der Waals surface area (Å²) in [5.74, 6) is 1.19. The molecule has 0 aliphatic carbocycles. The van der Waals surface area contributed by atoms with Crippen LogP contribution in [-0.2, 0) is 6.42 Å². The molecule has 0 saturated heterocycles. The molecular formula is C9H11FOS. The van der Waals surface area contributed by atoms with E-state index >= 15 is 0 Å². The normalized spacial score (nSPS) is 9.92.